The average Bonchev–Trinajstić information content (AvgIpc) is 3.09. The summed E-state index contributed by atoms with van der Waals surface area (Å²) in [5, 5.41) is 0. The molecule has 0 N–H and O–H groups in total. The predicted octanol–water partition coefficient (Wildman–Crippen LogP) is 5.29. The Morgan fingerprint density at radius 1 is 0.793 bits per heavy atom. The van der Waals surface area contributed by atoms with Gasteiger partial charge in [-0.3, -0.25) is 0 Å². The van der Waals surface area contributed by atoms with Crippen molar-refractivity contribution < 1.29 is 21.5 Å². The summed E-state index contributed by atoms with van der Waals surface area (Å²) in [6, 6.07) is 0. The number of quaternary nitrogens is 1. The SMILES string of the molecule is CCC[CH2][Sn]([CH2]CCC)([CH2]CCC)[C@H]1CCC[N+]1(CC=C(C)C)CC=C(C)C.[Br-]. The van der Waals surface area contributed by atoms with E-state index in [9.17, 15) is 0 Å². The zero-order chi connectivity index (χ0) is 21.0. The van der Waals surface area contributed by atoms with Crippen LogP contribution in [-0.2, 0) is 0 Å². The van der Waals surface area contributed by atoms with Crippen molar-refractivity contribution in [2.75, 3.05) is 19.6 Å². The largest absolute Gasteiger partial charge is 1.00 e. The smallest absolute Gasteiger partial charge is 1.00 e. The summed E-state index contributed by atoms with van der Waals surface area (Å²) in [6.07, 6.45) is 16.9. The van der Waals surface area contributed by atoms with Gasteiger partial charge in [-0.2, -0.15) is 0 Å². The van der Waals surface area contributed by atoms with Gasteiger partial charge >= 0.3 is 183 Å². The Kier molecular flexibility index (Phi) is 15.9. The molecule has 1 nitrogen and oxygen atoms in total. The van der Waals surface area contributed by atoms with E-state index in [0.29, 0.717) is 0 Å². The fraction of sp³-hybridized carbons (Fsp3) is 0.846. The summed E-state index contributed by atoms with van der Waals surface area (Å²) in [5.41, 5.74) is 3.02. The summed E-state index contributed by atoms with van der Waals surface area (Å²) in [5.74, 6) is 0. The number of hydrogen-bond acceptors (Lipinski definition) is 0. The molecule has 172 valence electrons. The number of nitrogens with zero attached hydrogens (tertiary/aromatic N) is 1. The van der Waals surface area contributed by atoms with E-state index in [-0.39, 0.29) is 17.0 Å². The van der Waals surface area contributed by atoms with Crippen LogP contribution in [0.1, 0.15) is 99.8 Å². The Hall–Kier alpha value is 0.719. The summed E-state index contributed by atoms with van der Waals surface area (Å²) < 4.78 is 7.48. The molecule has 0 radical (unpaired) electrons. The Balaban J connectivity index is 0.00000784. The number of likely N-dealkylation sites (tertiary alicyclic amines) is 1. The summed E-state index contributed by atoms with van der Waals surface area (Å²) in [4.78, 5) is 0. The van der Waals surface area contributed by atoms with Crippen molar-refractivity contribution in [1.82, 2.24) is 0 Å². The minimum atomic E-state index is -2.24. The molecule has 0 amide bonds. The second-order valence-electron chi connectivity index (χ2n) is 10.2. The van der Waals surface area contributed by atoms with Crippen LogP contribution < -0.4 is 17.0 Å². The van der Waals surface area contributed by atoms with Gasteiger partial charge in [0.15, 0.2) is 0 Å². The van der Waals surface area contributed by atoms with Gasteiger partial charge in [-0.15, -0.1) is 0 Å². The molecule has 0 unspecified atom stereocenters. The van der Waals surface area contributed by atoms with Crippen molar-refractivity contribution in [3.05, 3.63) is 23.3 Å². The zero-order valence-corrected chi connectivity index (χ0v) is 25.4. The Labute approximate surface area is 199 Å². The van der Waals surface area contributed by atoms with Gasteiger partial charge in [-0.25, -0.2) is 0 Å². The van der Waals surface area contributed by atoms with E-state index in [4.69, 9.17) is 0 Å². The molecule has 1 saturated heterocycles. The molecule has 0 aromatic rings. The number of halogens is 1. The molecule has 1 fully saturated rings. The van der Waals surface area contributed by atoms with Crippen molar-refractivity contribution >= 4 is 18.4 Å². The van der Waals surface area contributed by atoms with Gasteiger partial charge in [0, 0.05) is 0 Å². The van der Waals surface area contributed by atoms with E-state index in [1.165, 1.54) is 80.2 Å². The van der Waals surface area contributed by atoms with E-state index < -0.39 is 18.4 Å². The van der Waals surface area contributed by atoms with Gasteiger partial charge in [0.05, 0.1) is 0 Å². The molecule has 0 bridgehead atoms. The van der Waals surface area contributed by atoms with Crippen LogP contribution in [0.15, 0.2) is 23.3 Å². The second kappa shape index (κ2) is 15.5. The van der Waals surface area contributed by atoms with E-state index in [2.05, 4.69) is 60.6 Å². The van der Waals surface area contributed by atoms with Crippen molar-refractivity contribution in [3.63, 3.8) is 0 Å². The standard InChI is InChI=1S/C14H25N.3C4H9.BrH.Sn/c1-13(2)7-11-15(9-5-6-10-15)12-8-14(3)4;3*1-3-4-2;;/h7-9H,5-6,10-12H2,1-4H3;3*1,3-4H2,2H3;1H;/q+1;;;;;/p-1. The molecular weight excluding hydrogens is 525 g/mol. The number of rotatable bonds is 14. The molecule has 1 aliphatic rings. The average molecular weight is 577 g/mol. The molecule has 1 rings (SSSR count). The Bertz CT molecular complexity index is 447. The van der Waals surface area contributed by atoms with Gasteiger partial charge in [-0.1, -0.05) is 0 Å². The fourth-order valence-electron chi connectivity index (χ4n) is 5.62. The maximum atomic E-state index is 2.58. The number of allylic oxidation sites excluding steroid dienone is 2. The summed E-state index contributed by atoms with van der Waals surface area (Å²) in [6.45, 7) is 20.4. The van der Waals surface area contributed by atoms with E-state index in [0.717, 1.165) is 4.06 Å². The third-order valence-corrected chi connectivity index (χ3v) is 25.2. The molecule has 1 heterocycles. The molecule has 0 aliphatic carbocycles. The fourth-order valence-corrected chi connectivity index (χ4v) is 26.3. The van der Waals surface area contributed by atoms with Crippen LogP contribution >= 0.6 is 0 Å². The molecule has 1 atom stereocenters. The van der Waals surface area contributed by atoms with Gasteiger partial charge in [0.1, 0.15) is 0 Å². The second-order valence-corrected chi connectivity index (χ2v) is 24.2. The molecular formula is C26H52BrNSn. The van der Waals surface area contributed by atoms with Crippen molar-refractivity contribution in [1.29, 1.82) is 0 Å². The monoisotopic (exact) mass is 577 g/mol. The number of unbranched alkanes of at least 4 members (excludes halogenated alkanes) is 3. The van der Waals surface area contributed by atoms with E-state index in [1.54, 1.807) is 19.7 Å². The van der Waals surface area contributed by atoms with Gasteiger partial charge in [0.2, 0.25) is 0 Å². The van der Waals surface area contributed by atoms with E-state index >= 15 is 0 Å². The summed E-state index contributed by atoms with van der Waals surface area (Å²) >= 11 is -2.24. The van der Waals surface area contributed by atoms with Crippen molar-refractivity contribution in [2.24, 2.45) is 0 Å². The van der Waals surface area contributed by atoms with Crippen molar-refractivity contribution in [3.8, 4) is 0 Å². The molecule has 0 spiro atoms. The van der Waals surface area contributed by atoms with Gasteiger partial charge in [0.25, 0.3) is 0 Å². The minimum Gasteiger partial charge on any atom is -1.00 e. The van der Waals surface area contributed by atoms with E-state index in [1.807, 2.05) is 0 Å². The third-order valence-electron chi connectivity index (χ3n) is 7.26. The first kappa shape index (κ1) is 29.7. The van der Waals surface area contributed by atoms with Crippen LogP contribution in [0.4, 0.5) is 0 Å². The molecule has 29 heavy (non-hydrogen) atoms. The van der Waals surface area contributed by atoms with Gasteiger partial charge < -0.3 is 17.0 Å². The first-order valence-electron chi connectivity index (χ1n) is 12.5. The van der Waals surface area contributed by atoms with Crippen LogP contribution in [0.3, 0.4) is 0 Å². The predicted molar refractivity (Wildman–Crippen MR) is 132 cm³/mol. The first-order chi connectivity index (χ1) is 13.4. The van der Waals surface area contributed by atoms with Crippen molar-refractivity contribution in [2.45, 2.75) is 117 Å². The van der Waals surface area contributed by atoms with Crippen LogP contribution in [0, 0.1) is 0 Å². The molecule has 3 heteroatoms. The molecule has 0 saturated carbocycles. The number of hydrogen-bond donors (Lipinski definition) is 0. The maximum absolute atomic E-state index is 2.58. The Morgan fingerprint density at radius 3 is 1.55 bits per heavy atom. The minimum absolute atomic E-state index is 0. The van der Waals surface area contributed by atoms with Crippen LogP contribution in [0.25, 0.3) is 0 Å². The Morgan fingerprint density at radius 2 is 1.21 bits per heavy atom. The third kappa shape index (κ3) is 9.39. The van der Waals surface area contributed by atoms with Crippen LogP contribution in [0.2, 0.25) is 13.3 Å². The zero-order valence-electron chi connectivity index (χ0n) is 21.0. The normalized spacial score (nSPS) is 18.2. The first-order valence-corrected chi connectivity index (χ1v) is 20.2. The molecule has 0 aromatic carbocycles. The summed E-state index contributed by atoms with van der Waals surface area (Å²) in [7, 11) is 0. The quantitative estimate of drug-likeness (QED) is 0.150. The molecule has 1 aliphatic heterocycles. The maximum Gasteiger partial charge on any atom is -1.00 e. The van der Waals surface area contributed by atoms with Crippen LogP contribution in [-0.4, -0.2) is 46.6 Å². The van der Waals surface area contributed by atoms with Crippen LogP contribution in [0.5, 0.6) is 0 Å². The molecule has 0 aromatic heterocycles. The van der Waals surface area contributed by atoms with Gasteiger partial charge in [-0.05, 0) is 0 Å². The topological polar surface area (TPSA) is 0 Å².